The number of para-hydroxylation sites is 1. The molecule has 0 saturated carbocycles. The smallest absolute Gasteiger partial charge is 0.159 e. The maximum Gasteiger partial charge on any atom is 0.159 e. The van der Waals surface area contributed by atoms with Gasteiger partial charge in [-0.05, 0) is 60.5 Å². The van der Waals surface area contributed by atoms with Gasteiger partial charge in [0.15, 0.2) is 5.82 Å². The lowest BCUT2D eigenvalue weighted by molar-refractivity contribution is 0.453. The van der Waals surface area contributed by atoms with Crippen LogP contribution in [0, 0.1) is 0 Å². The maximum atomic E-state index is 4.94. The second-order valence-corrected chi connectivity index (χ2v) is 8.33. The van der Waals surface area contributed by atoms with Crippen molar-refractivity contribution in [3.63, 3.8) is 0 Å². The number of hydrogen-bond acceptors (Lipinski definition) is 5. The van der Waals surface area contributed by atoms with E-state index in [2.05, 4.69) is 61.6 Å². The van der Waals surface area contributed by atoms with Gasteiger partial charge in [0.2, 0.25) is 0 Å². The second kappa shape index (κ2) is 6.79. The maximum absolute atomic E-state index is 4.94. The van der Waals surface area contributed by atoms with Crippen LogP contribution in [0.5, 0.6) is 0 Å². The predicted octanol–water partition coefficient (Wildman–Crippen LogP) is 4.70. The highest BCUT2D eigenvalue weighted by atomic mass is 32.1. The first-order chi connectivity index (χ1) is 14.4. The van der Waals surface area contributed by atoms with E-state index in [1.807, 2.05) is 6.20 Å². The minimum atomic E-state index is 0.504. The number of thiophene rings is 1. The molecule has 0 aliphatic carbocycles. The van der Waals surface area contributed by atoms with E-state index in [0.29, 0.717) is 5.92 Å². The van der Waals surface area contributed by atoms with Crippen molar-refractivity contribution < 1.29 is 0 Å². The number of imidazole rings is 1. The first-order valence-corrected chi connectivity index (χ1v) is 10.9. The van der Waals surface area contributed by atoms with E-state index < -0.39 is 0 Å². The molecule has 6 nitrogen and oxygen atoms in total. The Morgan fingerprint density at radius 1 is 1.07 bits per heavy atom. The third-order valence-corrected chi connectivity index (χ3v) is 6.48. The average Bonchev–Trinajstić information content (AvgIpc) is 3.52. The summed E-state index contributed by atoms with van der Waals surface area (Å²) in [4.78, 5) is 13.1. The lowest BCUT2D eigenvalue weighted by atomic mass is 9.93. The number of nitrogens with zero attached hydrogens (tertiary/aromatic N) is 3. The summed E-state index contributed by atoms with van der Waals surface area (Å²) in [5, 5.41) is 16.4. The van der Waals surface area contributed by atoms with Crippen LogP contribution in [0.3, 0.4) is 0 Å². The molecule has 0 spiro atoms. The van der Waals surface area contributed by atoms with Gasteiger partial charge in [0.05, 0.1) is 22.7 Å². The first kappa shape index (κ1) is 16.9. The molecule has 1 aromatic carbocycles. The van der Waals surface area contributed by atoms with Gasteiger partial charge in [-0.2, -0.15) is 16.4 Å². The van der Waals surface area contributed by atoms with E-state index in [1.165, 1.54) is 5.56 Å². The van der Waals surface area contributed by atoms with Crippen LogP contribution < -0.4 is 5.32 Å². The van der Waals surface area contributed by atoms with Gasteiger partial charge in [0, 0.05) is 22.6 Å². The van der Waals surface area contributed by atoms with Gasteiger partial charge in [-0.25, -0.2) is 4.98 Å². The number of nitrogens with one attached hydrogen (secondary N) is 3. The Labute approximate surface area is 171 Å². The van der Waals surface area contributed by atoms with E-state index in [4.69, 9.17) is 9.97 Å². The van der Waals surface area contributed by atoms with Crippen molar-refractivity contribution in [3.05, 3.63) is 53.0 Å². The summed E-state index contributed by atoms with van der Waals surface area (Å²) >= 11 is 1.70. The number of H-pyrrole nitrogens is 2. The largest absolute Gasteiger partial charge is 0.337 e. The number of aromatic amines is 2. The normalized spacial score (nSPS) is 15.4. The molecule has 0 amide bonds. The van der Waals surface area contributed by atoms with Crippen molar-refractivity contribution >= 4 is 33.3 Å². The Morgan fingerprint density at radius 3 is 2.86 bits per heavy atom. The van der Waals surface area contributed by atoms with Gasteiger partial charge in [0.25, 0.3) is 0 Å². The fraction of sp³-hybridized carbons (Fsp3) is 0.227. The number of benzene rings is 1. The summed E-state index contributed by atoms with van der Waals surface area (Å²) in [6.07, 6.45) is 4.16. The summed E-state index contributed by atoms with van der Waals surface area (Å²) < 4.78 is 0. The standard InChI is InChI=1S/C22H20N6S/c1-2-15(14-6-9-29-12-14)20-17(3-1)25-22(26-20)21-16-10-18(13-4-7-23-8-5-13)24-11-19(16)27-28-21/h1-3,6,9-13,23H,4-5,7-8H2,(H,25,26)(H,27,28). The van der Waals surface area contributed by atoms with E-state index >= 15 is 0 Å². The van der Waals surface area contributed by atoms with E-state index in [9.17, 15) is 0 Å². The van der Waals surface area contributed by atoms with Gasteiger partial charge in [-0.15, -0.1) is 0 Å². The molecular formula is C22H20N6S. The zero-order valence-electron chi connectivity index (χ0n) is 15.8. The van der Waals surface area contributed by atoms with E-state index in [-0.39, 0.29) is 0 Å². The molecule has 1 aliphatic heterocycles. The van der Waals surface area contributed by atoms with Crippen LogP contribution in [0.2, 0.25) is 0 Å². The fourth-order valence-electron chi connectivity index (χ4n) is 4.25. The van der Waals surface area contributed by atoms with Crippen molar-refractivity contribution in [1.82, 2.24) is 30.5 Å². The van der Waals surface area contributed by atoms with Gasteiger partial charge in [-0.3, -0.25) is 10.1 Å². The first-order valence-electron chi connectivity index (χ1n) is 9.93. The van der Waals surface area contributed by atoms with Crippen LogP contribution >= 0.6 is 11.3 Å². The number of hydrogen-bond donors (Lipinski definition) is 3. The van der Waals surface area contributed by atoms with Gasteiger partial charge in [0.1, 0.15) is 5.69 Å². The minimum absolute atomic E-state index is 0.504. The Balaban J connectivity index is 1.48. The van der Waals surface area contributed by atoms with Gasteiger partial charge < -0.3 is 10.3 Å². The summed E-state index contributed by atoms with van der Waals surface area (Å²) in [6, 6.07) is 10.6. The van der Waals surface area contributed by atoms with Crippen LogP contribution in [-0.4, -0.2) is 38.2 Å². The summed E-state index contributed by atoms with van der Waals surface area (Å²) in [5.41, 5.74) is 7.28. The van der Waals surface area contributed by atoms with E-state index in [1.54, 1.807) is 11.3 Å². The van der Waals surface area contributed by atoms with Crippen LogP contribution in [0.1, 0.15) is 24.5 Å². The highest BCUT2D eigenvalue weighted by molar-refractivity contribution is 7.08. The zero-order chi connectivity index (χ0) is 19.2. The van der Waals surface area contributed by atoms with Crippen LogP contribution in [0.4, 0.5) is 0 Å². The third-order valence-electron chi connectivity index (χ3n) is 5.80. The van der Waals surface area contributed by atoms with Crippen LogP contribution in [0.15, 0.2) is 47.3 Å². The molecule has 1 aliphatic rings. The minimum Gasteiger partial charge on any atom is -0.337 e. The summed E-state index contributed by atoms with van der Waals surface area (Å²) in [6.45, 7) is 2.11. The Kier molecular flexibility index (Phi) is 3.95. The van der Waals surface area contributed by atoms with E-state index in [0.717, 1.165) is 70.6 Å². The van der Waals surface area contributed by atoms with Crippen molar-refractivity contribution in [2.45, 2.75) is 18.8 Å². The molecule has 144 valence electrons. The lowest BCUT2D eigenvalue weighted by Gasteiger charge is -2.21. The topological polar surface area (TPSA) is 82.3 Å². The molecule has 5 aromatic rings. The molecule has 1 fully saturated rings. The van der Waals surface area contributed by atoms with Gasteiger partial charge >= 0.3 is 0 Å². The highest BCUT2D eigenvalue weighted by Crippen LogP contribution is 2.33. The fourth-order valence-corrected chi connectivity index (χ4v) is 4.91. The number of aromatic nitrogens is 5. The predicted molar refractivity (Wildman–Crippen MR) is 117 cm³/mol. The molecule has 1 saturated heterocycles. The monoisotopic (exact) mass is 400 g/mol. The van der Waals surface area contributed by atoms with Gasteiger partial charge in [-0.1, -0.05) is 12.1 Å². The third kappa shape index (κ3) is 2.85. The zero-order valence-corrected chi connectivity index (χ0v) is 16.6. The number of rotatable bonds is 3. The highest BCUT2D eigenvalue weighted by Gasteiger charge is 2.20. The SMILES string of the molecule is c1cc(-c2ccsc2)c2nc(-c3n[nH]c4cnc(C5CCNCC5)cc34)[nH]c2c1. The molecule has 0 unspecified atom stereocenters. The number of piperidine rings is 1. The molecule has 29 heavy (non-hydrogen) atoms. The van der Waals surface area contributed by atoms with Crippen molar-refractivity contribution in [1.29, 1.82) is 0 Å². The van der Waals surface area contributed by atoms with Crippen molar-refractivity contribution in [2.24, 2.45) is 0 Å². The Hall–Kier alpha value is -3.03. The summed E-state index contributed by atoms with van der Waals surface area (Å²) in [7, 11) is 0. The summed E-state index contributed by atoms with van der Waals surface area (Å²) in [5.74, 6) is 1.29. The lowest BCUT2D eigenvalue weighted by Crippen LogP contribution is -2.27. The molecule has 0 atom stereocenters. The molecule has 0 radical (unpaired) electrons. The number of pyridine rings is 1. The quantitative estimate of drug-likeness (QED) is 0.410. The van der Waals surface area contributed by atoms with Crippen LogP contribution in [0.25, 0.3) is 44.6 Å². The second-order valence-electron chi connectivity index (χ2n) is 7.55. The molecule has 6 rings (SSSR count). The molecule has 7 heteroatoms. The molecule has 3 N–H and O–H groups in total. The van der Waals surface area contributed by atoms with Crippen molar-refractivity contribution in [3.8, 4) is 22.6 Å². The van der Waals surface area contributed by atoms with Crippen LogP contribution in [-0.2, 0) is 0 Å². The molecule has 5 heterocycles. The Bertz CT molecular complexity index is 1290. The molecule has 0 bridgehead atoms. The molecule has 4 aromatic heterocycles. The number of fused-ring (bicyclic) bond motifs is 2. The molecular weight excluding hydrogens is 380 g/mol. The van der Waals surface area contributed by atoms with Crippen molar-refractivity contribution in [2.75, 3.05) is 13.1 Å². The Morgan fingerprint density at radius 2 is 2.00 bits per heavy atom. The average molecular weight is 401 g/mol.